The van der Waals surface area contributed by atoms with Gasteiger partial charge in [-0.2, -0.15) is 0 Å². The molecular formula is C24H39N3O2. The number of nitrogens with zero attached hydrogens (tertiary/aromatic N) is 1. The number of β-amino-alcohol motifs (C(OH)–C–C–N with tert-alkyl or cyclic N) is 1. The van der Waals surface area contributed by atoms with Crippen LogP contribution in [0, 0.1) is 11.8 Å². The molecule has 3 rings (SSSR count). The Bertz CT molecular complexity index is 658. The third-order valence-corrected chi connectivity index (χ3v) is 6.53. The number of amides is 1. The molecule has 162 valence electrons. The summed E-state index contributed by atoms with van der Waals surface area (Å²) in [7, 11) is 0. The summed E-state index contributed by atoms with van der Waals surface area (Å²) in [5.74, 6) is 1.36. The molecule has 29 heavy (non-hydrogen) atoms. The van der Waals surface area contributed by atoms with Crippen molar-refractivity contribution in [2.75, 3.05) is 13.1 Å². The van der Waals surface area contributed by atoms with Gasteiger partial charge in [0.2, 0.25) is 5.91 Å². The Hall–Kier alpha value is -1.43. The van der Waals surface area contributed by atoms with E-state index in [2.05, 4.69) is 10.2 Å². The molecule has 1 heterocycles. The zero-order chi connectivity index (χ0) is 21.0. The van der Waals surface area contributed by atoms with E-state index in [1.165, 1.54) is 25.7 Å². The Balaban J connectivity index is 1.67. The van der Waals surface area contributed by atoms with Crippen molar-refractivity contribution < 1.29 is 9.90 Å². The molecule has 1 aromatic carbocycles. The van der Waals surface area contributed by atoms with Gasteiger partial charge in [-0.1, -0.05) is 49.6 Å². The van der Waals surface area contributed by atoms with E-state index in [-0.39, 0.29) is 23.5 Å². The fourth-order valence-corrected chi connectivity index (χ4v) is 5.02. The van der Waals surface area contributed by atoms with Crippen LogP contribution in [-0.2, 0) is 11.2 Å². The molecule has 4 N–H and O–H groups in total. The topological polar surface area (TPSA) is 78.6 Å². The number of piperidine rings is 1. The number of carbonyl (C=O) groups excluding carboxylic acids is 1. The van der Waals surface area contributed by atoms with Gasteiger partial charge >= 0.3 is 0 Å². The number of nitrogens with two attached hydrogens (primary N) is 1. The predicted octanol–water partition coefficient (Wildman–Crippen LogP) is 2.71. The summed E-state index contributed by atoms with van der Waals surface area (Å²) in [5, 5.41) is 14.0. The molecule has 1 saturated carbocycles. The third kappa shape index (κ3) is 6.27. The van der Waals surface area contributed by atoms with E-state index < -0.39 is 6.10 Å². The number of aliphatic hydroxyl groups excluding tert-OH is 1. The Morgan fingerprint density at radius 3 is 2.52 bits per heavy atom. The highest BCUT2D eigenvalue weighted by molar-refractivity contribution is 5.82. The quantitative estimate of drug-likeness (QED) is 0.685. The molecule has 5 nitrogen and oxygen atoms in total. The lowest BCUT2D eigenvalue weighted by Crippen LogP contribution is -2.59. The maximum Gasteiger partial charge on any atom is 0.237 e. The minimum absolute atomic E-state index is 0.0883. The van der Waals surface area contributed by atoms with Crippen molar-refractivity contribution in [2.45, 2.75) is 83.0 Å². The summed E-state index contributed by atoms with van der Waals surface area (Å²) in [6.07, 6.45) is 5.91. The SMILES string of the molecule is CC(C)(C)NC(=O)[C@@H]1C[C@@H]2CCCC[C@@H]2CN1C[C@@H](O)[C@H](N)Cc1ccccc1. The number of likely N-dealkylation sites (tertiary alicyclic amines) is 1. The van der Waals surface area contributed by atoms with E-state index in [9.17, 15) is 9.90 Å². The van der Waals surface area contributed by atoms with Crippen LogP contribution in [0.4, 0.5) is 0 Å². The molecule has 1 saturated heterocycles. The monoisotopic (exact) mass is 401 g/mol. The number of aliphatic hydroxyl groups is 1. The second kappa shape index (κ2) is 9.59. The standard InChI is InChI=1S/C24H39N3O2/c1-24(2,3)26-23(29)21-14-18-11-7-8-12-19(18)15-27(21)16-22(28)20(25)13-17-9-5-4-6-10-17/h4-6,9-10,18-22,28H,7-8,11-16,25H2,1-3H3,(H,26,29)/t18-,19+,20+,21-,22+/m0/s1. The van der Waals surface area contributed by atoms with Crippen LogP contribution in [0.15, 0.2) is 30.3 Å². The van der Waals surface area contributed by atoms with E-state index in [0.717, 1.165) is 18.5 Å². The molecule has 2 fully saturated rings. The number of benzene rings is 1. The molecule has 0 aromatic heterocycles. The lowest BCUT2D eigenvalue weighted by atomic mass is 9.72. The molecule has 1 aliphatic carbocycles. The van der Waals surface area contributed by atoms with Gasteiger partial charge in [0.1, 0.15) is 0 Å². The minimum Gasteiger partial charge on any atom is -0.390 e. The molecule has 1 amide bonds. The highest BCUT2D eigenvalue weighted by atomic mass is 16.3. The first kappa shape index (κ1) is 22.3. The van der Waals surface area contributed by atoms with Gasteiger partial charge in [-0.05, 0) is 57.4 Å². The van der Waals surface area contributed by atoms with Gasteiger partial charge in [-0.25, -0.2) is 0 Å². The van der Waals surface area contributed by atoms with Crippen LogP contribution in [0.2, 0.25) is 0 Å². The number of rotatable bonds is 6. The number of hydrogen-bond acceptors (Lipinski definition) is 4. The third-order valence-electron chi connectivity index (χ3n) is 6.53. The maximum atomic E-state index is 13.1. The summed E-state index contributed by atoms with van der Waals surface area (Å²) in [5.41, 5.74) is 7.22. The summed E-state index contributed by atoms with van der Waals surface area (Å²) in [6, 6.07) is 9.54. The Labute approximate surface area is 176 Å². The smallest absolute Gasteiger partial charge is 0.237 e. The van der Waals surface area contributed by atoms with Crippen molar-refractivity contribution in [1.82, 2.24) is 10.2 Å². The number of hydrogen-bond donors (Lipinski definition) is 3. The van der Waals surface area contributed by atoms with Gasteiger partial charge in [0.15, 0.2) is 0 Å². The first-order valence-corrected chi connectivity index (χ1v) is 11.3. The van der Waals surface area contributed by atoms with Crippen LogP contribution >= 0.6 is 0 Å². The molecule has 0 unspecified atom stereocenters. The molecule has 2 aliphatic rings. The highest BCUT2D eigenvalue weighted by Crippen LogP contribution is 2.38. The fraction of sp³-hybridized carbons (Fsp3) is 0.708. The van der Waals surface area contributed by atoms with E-state index in [0.29, 0.717) is 24.8 Å². The molecule has 0 radical (unpaired) electrons. The summed E-state index contributed by atoms with van der Waals surface area (Å²) < 4.78 is 0. The fourth-order valence-electron chi connectivity index (χ4n) is 5.02. The summed E-state index contributed by atoms with van der Waals surface area (Å²) in [4.78, 5) is 15.3. The lowest BCUT2D eigenvalue weighted by Gasteiger charge is -2.46. The Kier molecular flexibility index (Phi) is 7.36. The zero-order valence-electron chi connectivity index (χ0n) is 18.3. The molecule has 0 bridgehead atoms. The molecule has 5 atom stereocenters. The van der Waals surface area contributed by atoms with Crippen molar-refractivity contribution >= 4 is 5.91 Å². The van der Waals surface area contributed by atoms with E-state index in [1.807, 2.05) is 51.1 Å². The average Bonchev–Trinajstić information content (AvgIpc) is 2.66. The second-order valence-corrected chi connectivity index (χ2v) is 10.2. The Morgan fingerprint density at radius 2 is 1.86 bits per heavy atom. The molecule has 1 aromatic rings. The van der Waals surface area contributed by atoms with Crippen molar-refractivity contribution in [3.05, 3.63) is 35.9 Å². The normalized spacial score (nSPS) is 27.7. The largest absolute Gasteiger partial charge is 0.390 e. The van der Waals surface area contributed by atoms with Crippen LogP contribution in [0.3, 0.4) is 0 Å². The zero-order valence-corrected chi connectivity index (χ0v) is 18.3. The van der Waals surface area contributed by atoms with Crippen LogP contribution in [0.1, 0.15) is 58.4 Å². The number of nitrogens with one attached hydrogen (secondary N) is 1. The van der Waals surface area contributed by atoms with Crippen LogP contribution in [0.25, 0.3) is 0 Å². The van der Waals surface area contributed by atoms with Gasteiger partial charge < -0.3 is 16.2 Å². The molecule has 0 spiro atoms. The van der Waals surface area contributed by atoms with Gasteiger partial charge in [0, 0.05) is 24.7 Å². The lowest BCUT2D eigenvalue weighted by molar-refractivity contribution is -0.132. The molecular weight excluding hydrogens is 362 g/mol. The van der Waals surface area contributed by atoms with Crippen molar-refractivity contribution in [2.24, 2.45) is 17.6 Å². The van der Waals surface area contributed by atoms with Crippen molar-refractivity contribution in [3.63, 3.8) is 0 Å². The summed E-state index contributed by atoms with van der Waals surface area (Å²) >= 11 is 0. The van der Waals surface area contributed by atoms with E-state index in [4.69, 9.17) is 5.73 Å². The minimum atomic E-state index is -0.653. The average molecular weight is 402 g/mol. The van der Waals surface area contributed by atoms with Gasteiger partial charge in [0.05, 0.1) is 12.1 Å². The van der Waals surface area contributed by atoms with E-state index in [1.54, 1.807) is 0 Å². The van der Waals surface area contributed by atoms with Gasteiger partial charge in [-0.3, -0.25) is 9.69 Å². The van der Waals surface area contributed by atoms with Gasteiger partial charge in [0.25, 0.3) is 0 Å². The Morgan fingerprint density at radius 1 is 1.21 bits per heavy atom. The predicted molar refractivity (Wildman–Crippen MR) is 117 cm³/mol. The highest BCUT2D eigenvalue weighted by Gasteiger charge is 2.41. The molecule has 1 aliphatic heterocycles. The second-order valence-electron chi connectivity index (χ2n) is 10.2. The van der Waals surface area contributed by atoms with E-state index >= 15 is 0 Å². The van der Waals surface area contributed by atoms with Gasteiger partial charge in [-0.15, -0.1) is 0 Å². The molecule has 5 heteroatoms. The van der Waals surface area contributed by atoms with Crippen LogP contribution in [-0.4, -0.2) is 52.7 Å². The van der Waals surface area contributed by atoms with Crippen molar-refractivity contribution in [1.29, 1.82) is 0 Å². The van der Waals surface area contributed by atoms with Crippen LogP contribution < -0.4 is 11.1 Å². The number of fused-ring (bicyclic) bond motifs is 1. The summed E-state index contributed by atoms with van der Waals surface area (Å²) in [6.45, 7) is 7.41. The number of carbonyl (C=O) groups is 1. The first-order chi connectivity index (χ1) is 13.7. The van der Waals surface area contributed by atoms with Crippen LogP contribution in [0.5, 0.6) is 0 Å². The maximum absolute atomic E-state index is 13.1. The first-order valence-electron chi connectivity index (χ1n) is 11.3. The van der Waals surface area contributed by atoms with Crippen molar-refractivity contribution in [3.8, 4) is 0 Å².